The first kappa shape index (κ1) is 12.2. The molecule has 2 heteroatoms. The number of hydrogen-bond donors (Lipinski definition) is 0. The molecule has 0 bridgehead atoms. The van der Waals surface area contributed by atoms with Crippen molar-refractivity contribution in [2.24, 2.45) is 0 Å². The Hall–Kier alpha value is -0.890. The number of allylic oxidation sites excluding steroid dienone is 5. The fraction of sp³-hybridized carbons (Fsp3) is 0.538. The van der Waals surface area contributed by atoms with Crippen LogP contribution in [0.2, 0.25) is 0 Å². The lowest BCUT2D eigenvalue weighted by Gasteiger charge is -2.27. The van der Waals surface area contributed by atoms with Gasteiger partial charge < -0.3 is 0 Å². The maximum absolute atomic E-state index is 13.0. The van der Waals surface area contributed by atoms with Crippen molar-refractivity contribution in [1.29, 1.82) is 0 Å². The van der Waals surface area contributed by atoms with Crippen LogP contribution in [0.25, 0.3) is 0 Å². The van der Waals surface area contributed by atoms with Crippen LogP contribution in [-0.2, 0) is 0 Å². The zero-order chi connectivity index (χ0) is 11.3. The van der Waals surface area contributed by atoms with Gasteiger partial charge in [-0.25, -0.2) is 4.39 Å². The van der Waals surface area contributed by atoms with Gasteiger partial charge in [-0.1, -0.05) is 26.0 Å². The van der Waals surface area contributed by atoms with Crippen LogP contribution in [0.15, 0.2) is 35.7 Å². The zero-order valence-corrected chi connectivity index (χ0v) is 9.83. The van der Waals surface area contributed by atoms with Crippen molar-refractivity contribution in [2.45, 2.75) is 32.7 Å². The third-order valence-corrected chi connectivity index (χ3v) is 2.93. The predicted octanol–water partition coefficient (Wildman–Crippen LogP) is 3.46. The van der Waals surface area contributed by atoms with E-state index in [0.717, 1.165) is 19.4 Å². The van der Waals surface area contributed by atoms with Gasteiger partial charge >= 0.3 is 0 Å². The first-order chi connectivity index (χ1) is 7.19. The lowest BCUT2D eigenvalue weighted by atomic mass is 10.00. The highest BCUT2D eigenvalue weighted by Gasteiger charge is 2.15. The summed E-state index contributed by atoms with van der Waals surface area (Å²) in [4.78, 5) is 2.30. The minimum Gasteiger partial charge on any atom is -0.300 e. The van der Waals surface area contributed by atoms with Gasteiger partial charge in [-0.15, -0.1) is 0 Å². The molecule has 0 N–H and O–H groups in total. The van der Waals surface area contributed by atoms with Crippen LogP contribution in [0.5, 0.6) is 0 Å². The predicted molar refractivity (Wildman–Crippen MR) is 63.4 cm³/mol. The minimum atomic E-state index is -0.154. The van der Waals surface area contributed by atoms with Crippen molar-refractivity contribution in [2.75, 3.05) is 13.6 Å². The molecule has 0 aromatic rings. The third kappa shape index (κ3) is 3.31. The van der Waals surface area contributed by atoms with E-state index in [1.165, 1.54) is 5.57 Å². The monoisotopic (exact) mass is 209 g/mol. The summed E-state index contributed by atoms with van der Waals surface area (Å²) in [5.74, 6) is -0.154. The molecule has 1 aliphatic carbocycles. The maximum atomic E-state index is 13.0. The summed E-state index contributed by atoms with van der Waals surface area (Å²) in [7, 11) is 2.11. The topological polar surface area (TPSA) is 3.24 Å². The van der Waals surface area contributed by atoms with Crippen LogP contribution in [0.4, 0.5) is 4.39 Å². The summed E-state index contributed by atoms with van der Waals surface area (Å²) in [6, 6.07) is 0.432. The van der Waals surface area contributed by atoms with Crippen molar-refractivity contribution in [1.82, 2.24) is 4.90 Å². The highest BCUT2D eigenvalue weighted by Crippen LogP contribution is 2.20. The Morgan fingerprint density at radius 2 is 2.13 bits per heavy atom. The summed E-state index contributed by atoms with van der Waals surface area (Å²) < 4.78 is 13.0. The molecule has 1 aliphatic rings. The average molecular weight is 209 g/mol. The van der Waals surface area contributed by atoms with Gasteiger partial charge in [0.1, 0.15) is 5.83 Å². The standard InChI is InChI=1S/C13H20FN/c1-4-13(15(3)5-2)11-7-6-8-12(14)10-9-11/h6,8-10,13H,4-5,7H2,1-3H3. The summed E-state index contributed by atoms with van der Waals surface area (Å²) >= 11 is 0. The molecule has 84 valence electrons. The van der Waals surface area contributed by atoms with Crippen LogP contribution in [0, 0.1) is 0 Å². The van der Waals surface area contributed by atoms with Crippen LogP contribution in [0.3, 0.4) is 0 Å². The number of hydrogen-bond acceptors (Lipinski definition) is 1. The Bertz CT molecular complexity index is 289. The van der Waals surface area contributed by atoms with Gasteiger partial charge in [-0.3, -0.25) is 4.90 Å². The quantitative estimate of drug-likeness (QED) is 0.685. The lowest BCUT2D eigenvalue weighted by molar-refractivity contribution is 0.277. The molecule has 1 nitrogen and oxygen atoms in total. The van der Waals surface area contributed by atoms with Crippen molar-refractivity contribution in [3.8, 4) is 0 Å². The third-order valence-electron chi connectivity index (χ3n) is 2.93. The second-order valence-electron chi connectivity index (χ2n) is 3.90. The molecule has 15 heavy (non-hydrogen) atoms. The van der Waals surface area contributed by atoms with Gasteiger partial charge in [-0.05, 0) is 44.2 Å². The Morgan fingerprint density at radius 3 is 2.73 bits per heavy atom. The summed E-state index contributed by atoms with van der Waals surface area (Å²) in [5.41, 5.74) is 1.30. The smallest absolute Gasteiger partial charge is 0.122 e. The van der Waals surface area contributed by atoms with Gasteiger partial charge in [0.25, 0.3) is 0 Å². The molecule has 1 unspecified atom stereocenters. The second kappa shape index (κ2) is 5.86. The Labute approximate surface area is 92.0 Å². The lowest BCUT2D eigenvalue weighted by Crippen LogP contribution is -2.32. The van der Waals surface area contributed by atoms with E-state index in [-0.39, 0.29) is 5.83 Å². The zero-order valence-electron chi connectivity index (χ0n) is 9.83. The summed E-state index contributed by atoms with van der Waals surface area (Å²) in [6.07, 6.45) is 8.85. The fourth-order valence-electron chi connectivity index (χ4n) is 1.94. The Morgan fingerprint density at radius 1 is 1.40 bits per heavy atom. The summed E-state index contributed by atoms with van der Waals surface area (Å²) in [6.45, 7) is 5.34. The highest BCUT2D eigenvalue weighted by molar-refractivity contribution is 5.29. The molecule has 0 spiro atoms. The first-order valence-electron chi connectivity index (χ1n) is 5.62. The summed E-state index contributed by atoms with van der Waals surface area (Å²) in [5, 5.41) is 0. The molecule has 0 fully saturated rings. The van der Waals surface area contributed by atoms with Crippen LogP contribution < -0.4 is 0 Å². The minimum absolute atomic E-state index is 0.154. The van der Waals surface area contributed by atoms with E-state index >= 15 is 0 Å². The number of halogens is 1. The molecule has 0 heterocycles. The van der Waals surface area contributed by atoms with Gasteiger partial charge in [0.05, 0.1) is 0 Å². The molecule has 0 saturated heterocycles. The molecular weight excluding hydrogens is 189 g/mol. The molecule has 0 aromatic heterocycles. The van der Waals surface area contributed by atoms with E-state index in [0.29, 0.717) is 6.04 Å². The van der Waals surface area contributed by atoms with Gasteiger partial charge in [0.2, 0.25) is 0 Å². The molecule has 0 saturated carbocycles. The van der Waals surface area contributed by atoms with Gasteiger partial charge in [0, 0.05) is 6.04 Å². The Balaban J connectivity index is 2.81. The van der Waals surface area contributed by atoms with Crippen molar-refractivity contribution in [3.05, 3.63) is 35.7 Å². The van der Waals surface area contributed by atoms with Crippen molar-refractivity contribution < 1.29 is 4.39 Å². The van der Waals surface area contributed by atoms with Crippen molar-refractivity contribution in [3.63, 3.8) is 0 Å². The van der Waals surface area contributed by atoms with Crippen LogP contribution >= 0.6 is 0 Å². The molecular formula is C13H20FN. The molecule has 0 aromatic carbocycles. The maximum Gasteiger partial charge on any atom is 0.122 e. The van der Waals surface area contributed by atoms with E-state index < -0.39 is 0 Å². The van der Waals surface area contributed by atoms with Gasteiger partial charge in [-0.2, -0.15) is 0 Å². The van der Waals surface area contributed by atoms with Crippen molar-refractivity contribution >= 4 is 0 Å². The van der Waals surface area contributed by atoms with E-state index in [4.69, 9.17) is 0 Å². The number of rotatable bonds is 4. The normalized spacial score (nSPS) is 18.5. The van der Waals surface area contributed by atoms with Crippen LogP contribution in [0.1, 0.15) is 26.7 Å². The molecule has 0 aliphatic heterocycles. The number of likely N-dealkylation sites (N-methyl/N-ethyl adjacent to an activating group) is 1. The van der Waals surface area contributed by atoms with Crippen LogP contribution in [-0.4, -0.2) is 24.5 Å². The van der Waals surface area contributed by atoms with E-state index in [1.807, 2.05) is 12.2 Å². The van der Waals surface area contributed by atoms with E-state index in [9.17, 15) is 4.39 Å². The second-order valence-corrected chi connectivity index (χ2v) is 3.90. The van der Waals surface area contributed by atoms with E-state index in [1.54, 1.807) is 12.2 Å². The molecule has 1 rings (SSSR count). The largest absolute Gasteiger partial charge is 0.300 e. The SMILES string of the molecule is CCC(C1=CC=C(F)C=CC1)N(C)CC. The highest BCUT2D eigenvalue weighted by atomic mass is 19.1. The van der Waals surface area contributed by atoms with E-state index in [2.05, 4.69) is 25.8 Å². The number of nitrogens with zero attached hydrogens (tertiary/aromatic N) is 1. The average Bonchev–Trinajstić information content (AvgIpc) is 2.45. The first-order valence-corrected chi connectivity index (χ1v) is 5.62. The van der Waals surface area contributed by atoms with Gasteiger partial charge in [0.15, 0.2) is 0 Å². The molecule has 1 atom stereocenters. The molecule has 0 radical (unpaired) electrons. The fourth-order valence-corrected chi connectivity index (χ4v) is 1.94. The molecule has 0 amide bonds. The Kier molecular flexibility index (Phi) is 4.76.